The molecule has 4 nitrogen and oxygen atoms in total. The molecule has 1 heterocycles. The molecule has 0 fully saturated rings. The van der Waals surface area contributed by atoms with Crippen LogP contribution in [0.4, 0.5) is 5.69 Å². The summed E-state index contributed by atoms with van der Waals surface area (Å²) in [6.07, 6.45) is 2.27. The Morgan fingerprint density at radius 3 is 2.70 bits per heavy atom. The van der Waals surface area contributed by atoms with Crippen LogP contribution >= 0.6 is 35.6 Å². The van der Waals surface area contributed by atoms with Crippen molar-refractivity contribution in [2.24, 2.45) is 10.1 Å². The van der Waals surface area contributed by atoms with Crippen molar-refractivity contribution in [3.05, 3.63) is 63.1 Å². The van der Waals surface area contributed by atoms with Crippen LogP contribution in [0.2, 0.25) is 10.0 Å². The zero-order valence-electron chi connectivity index (χ0n) is 15.4. The Balaban J connectivity index is 0.00000261. The van der Waals surface area contributed by atoms with E-state index in [1.165, 1.54) is 0 Å². The molecule has 2 aromatic carbocycles. The summed E-state index contributed by atoms with van der Waals surface area (Å²) in [6.45, 7) is 4.98. The van der Waals surface area contributed by atoms with E-state index in [2.05, 4.69) is 17.1 Å². The average Bonchev–Trinajstić information content (AvgIpc) is 3.11. The second kappa shape index (κ2) is 9.45. The molecule has 0 aromatic heterocycles. The fraction of sp³-hybridized carbons (Fsp3) is 0.300. The van der Waals surface area contributed by atoms with Gasteiger partial charge in [-0.05, 0) is 43.2 Å². The monoisotopic (exact) mass is 425 g/mol. The molecule has 0 saturated heterocycles. The van der Waals surface area contributed by atoms with Crippen molar-refractivity contribution in [3.8, 4) is 0 Å². The smallest absolute Gasteiger partial charge is 0.158 e. The van der Waals surface area contributed by atoms with Gasteiger partial charge < -0.3 is 9.74 Å². The third-order valence-electron chi connectivity index (χ3n) is 4.43. The maximum Gasteiger partial charge on any atom is 0.158 e. The number of hydrogen-bond donors (Lipinski definition) is 0. The molecular weight excluding hydrogens is 405 g/mol. The highest BCUT2D eigenvalue weighted by molar-refractivity contribution is 6.34. The van der Waals surface area contributed by atoms with Crippen LogP contribution in [-0.4, -0.2) is 30.5 Å². The van der Waals surface area contributed by atoms with Crippen LogP contribution in [0, 0.1) is 6.92 Å². The lowest BCUT2D eigenvalue weighted by Crippen LogP contribution is -2.14. The van der Waals surface area contributed by atoms with E-state index in [1.807, 2.05) is 55.3 Å². The zero-order chi connectivity index (χ0) is 18.7. The standard InChI is InChI=1S/C20H21Cl2N3O.ClH/c1-4-25(3)12-23-19-9-13(2)15(10-17(19)22)20-11-18(24-26-20)14-7-5-6-8-16(14)21;/h5-10,12,20H,4,11H2,1-3H3;1H. The minimum absolute atomic E-state index is 0. The molecule has 1 aliphatic heterocycles. The highest BCUT2D eigenvalue weighted by Crippen LogP contribution is 2.37. The van der Waals surface area contributed by atoms with Gasteiger partial charge in [0.25, 0.3) is 0 Å². The molecule has 3 rings (SSSR count). The summed E-state index contributed by atoms with van der Waals surface area (Å²) in [5.74, 6) is 0. The number of aliphatic imine (C=N–C) groups is 1. The van der Waals surface area contributed by atoms with Crippen LogP contribution in [0.25, 0.3) is 0 Å². The van der Waals surface area contributed by atoms with Crippen molar-refractivity contribution in [3.63, 3.8) is 0 Å². The maximum atomic E-state index is 6.44. The molecule has 1 atom stereocenters. The maximum absolute atomic E-state index is 6.44. The van der Waals surface area contributed by atoms with Crippen molar-refractivity contribution in [2.45, 2.75) is 26.4 Å². The van der Waals surface area contributed by atoms with Crippen LogP contribution in [0.3, 0.4) is 0 Å². The number of benzene rings is 2. The Morgan fingerprint density at radius 2 is 2.00 bits per heavy atom. The highest BCUT2D eigenvalue weighted by Gasteiger charge is 2.27. The van der Waals surface area contributed by atoms with Crippen LogP contribution in [0.1, 0.15) is 36.1 Å². The van der Waals surface area contributed by atoms with Gasteiger partial charge in [-0.1, -0.05) is 46.6 Å². The second-order valence-electron chi connectivity index (χ2n) is 6.29. The van der Waals surface area contributed by atoms with E-state index >= 15 is 0 Å². The number of oxime groups is 1. The van der Waals surface area contributed by atoms with E-state index in [0.29, 0.717) is 16.5 Å². The molecule has 0 saturated carbocycles. The molecule has 0 amide bonds. The second-order valence-corrected chi connectivity index (χ2v) is 7.11. The van der Waals surface area contributed by atoms with Gasteiger partial charge in [-0.15, -0.1) is 12.4 Å². The van der Waals surface area contributed by atoms with Gasteiger partial charge in [0.2, 0.25) is 0 Å². The molecule has 2 aromatic rings. The largest absolute Gasteiger partial charge is 0.387 e. The third kappa shape index (κ3) is 4.95. The van der Waals surface area contributed by atoms with Crippen molar-refractivity contribution in [1.82, 2.24) is 4.90 Å². The minimum Gasteiger partial charge on any atom is -0.387 e. The van der Waals surface area contributed by atoms with E-state index in [1.54, 1.807) is 6.34 Å². The Labute approximate surface area is 176 Å². The predicted octanol–water partition coefficient (Wildman–Crippen LogP) is 6.20. The van der Waals surface area contributed by atoms with Crippen LogP contribution < -0.4 is 0 Å². The molecule has 27 heavy (non-hydrogen) atoms. The highest BCUT2D eigenvalue weighted by atomic mass is 35.5. The summed E-state index contributed by atoms with van der Waals surface area (Å²) < 4.78 is 0. The summed E-state index contributed by atoms with van der Waals surface area (Å²) in [6, 6.07) is 11.6. The van der Waals surface area contributed by atoms with Crippen molar-refractivity contribution in [2.75, 3.05) is 13.6 Å². The van der Waals surface area contributed by atoms with Gasteiger partial charge in [-0.25, -0.2) is 4.99 Å². The van der Waals surface area contributed by atoms with Gasteiger partial charge in [0, 0.05) is 30.6 Å². The predicted molar refractivity (Wildman–Crippen MR) is 116 cm³/mol. The summed E-state index contributed by atoms with van der Waals surface area (Å²) in [5, 5.41) is 5.52. The number of rotatable bonds is 5. The van der Waals surface area contributed by atoms with Crippen molar-refractivity contribution in [1.29, 1.82) is 0 Å². The zero-order valence-corrected chi connectivity index (χ0v) is 17.8. The topological polar surface area (TPSA) is 37.2 Å². The van der Waals surface area contributed by atoms with Gasteiger partial charge in [0.1, 0.15) is 0 Å². The van der Waals surface area contributed by atoms with Crippen LogP contribution in [0.5, 0.6) is 0 Å². The summed E-state index contributed by atoms with van der Waals surface area (Å²) in [7, 11) is 1.97. The van der Waals surface area contributed by atoms with Gasteiger partial charge in [0.15, 0.2) is 6.10 Å². The van der Waals surface area contributed by atoms with Gasteiger partial charge in [0.05, 0.1) is 22.8 Å². The van der Waals surface area contributed by atoms with E-state index in [0.717, 1.165) is 34.6 Å². The SMILES string of the molecule is CCN(C)C=Nc1cc(C)c(C2CC(c3ccccc3Cl)=NO2)cc1Cl.Cl. The van der Waals surface area contributed by atoms with Gasteiger partial charge in [-0.3, -0.25) is 0 Å². The number of halogens is 3. The summed E-state index contributed by atoms with van der Waals surface area (Å²) in [4.78, 5) is 12.1. The first-order valence-electron chi connectivity index (χ1n) is 8.51. The van der Waals surface area contributed by atoms with E-state index in [9.17, 15) is 0 Å². The Morgan fingerprint density at radius 1 is 1.26 bits per heavy atom. The lowest BCUT2D eigenvalue weighted by Gasteiger charge is -2.14. The molecule has 1 aliphatic rings. The third-order valence-corrected chi connectivity index (χ3v) is 5.06. The normalized spacial score (nSPS) is 16.0. The Bertz CT molecular complexity index is 868. The lowest BCUT2D eigenvalue weighted by atomic mass is 9.97. The van der Waals surface area contributed by atoms with Crippen molar-refractivity contribution >= 4 is 53.3 Å². The molecule has 0 radical (unpaired) electrons. The first-order valence-corrected chi connectivity index (χ1v) is 9.27. The number of nitrogens with zero attached hydrogens (tertiary/aromatic N) is 3. The fourth-order valence-electron chi connectivity index (χ4n) is 2.77. The molecule has 144 valence electrons. The molecule has 7 heteroatoms. The number of aryl methyl sites for hydroxylation is 1. The molecule has 0 aliphatic carbocycles. The van der Waals surface area contributed by atoms with E-state index in [-0.39, 0.29) is 18.5 Å². The molecular formula is C20H22Cl3N3O. The van der Waals surface area contributed by atoms with Crippen LogP contribution in [-0.2, 0) is 4.84 Å². The van der Waals surface area contributed by atoms with Gasteiger partial charge in [-0.2, -0.15) is 0 Å². The summed E-state index contributed by atoms with van der Waals surface area (Å²) in [5.41, 5.74) is 4.59. The van der Waals surface area contributed by atoms with Gasteiger partial charge >= 0.3 is 0 Å². The van der Waals surface area contributed by atoms with Crippen LogP contribution in [0.15, 0.2) is 46.5 Å². The van der Waals surface area contributed by atoms with Crippen molar-refractivity contribution < 1.29 is 4.84 Å². The quantitative estimate of drug-likeness (QED) is 0.421. The van der Waals surface area contributed by atoms with E-state index < -0.39 is 0 Å². The molecule has 1 unspecified atom stereocenters. The fourth-order valence-corrected chi connectivity index (χ4v) is 3.23. The molecule has 0 spiro atoms. The average molecular weight is 427 g/mol. The van der Waals surface area contributed by atoms with E-state index in [4.69, 9.17) is 28.0 Å². The first kappa shape index (κ1) is 21.5. The Hall–Kier alpha value is -1.75. The first-order chi connectivity index (χ1) is 12.5. The molecule has 0 N–H and O–H groups in total. The lowest BCUT2D eigenvalue weighted by molar-refractivity contribution is 0.0853. The minimum atomic E-state index is -0.171. The Kier molecular flexibility index (Phi) is 7.54. The summed E-state index contributed by atoms with van der Waals surface area (Å²) >= 11 is 12.7. The number of hydrogen-bond acceptors (Lipinski definition) is 3. The molecule has 0 bridgehead atoms.